The van der Waals surface area contributed by atoms with Crippen LogP contribution in [-0.4, -0.2) is 29.2 Å². The molecule has 2 nitrogen and oxygen atoms in total. The molecule has 1 N–H and O–H groups in total. The van der Waals surface area contributed by atoms with Gasteiger partial charge < -0.3 is 9.74 Å². The van der Waals surface area contributed by atoms with E-state index in [4.69, 9.17) is 4.43 Å². The van der Waals surface area contributed by atoms with E-state index in [-0.39, 0.29) is 5.60 Å². The number of hydrogen-bond donors (Lipinski definition) is 1. The molecule has 0 saturated heterocycles. The lowest BCUT2D eigenvalue weighted by molar-refractivity contribution is 0.122. The summed E-state index contributed by atoms with van der Waals surface area (Å²) >= 11 is 0. The van der Waals surface area contributed by atoms with Crippen LogP contribution in [0.2, 0.25) is 0 Å². The second kappa shape index (κ2) is 9.37. The highest BCUT2D eigenvalue weighted by atomic mass is 28.2. The van der Waals surface area contributed by atoms with Gasteiger partial charge >= 0.3 is 0 Å². The van der Waals surface area contributed by atoms with Gasteiger partial charge in [-0.2, -0.15) is 0 Å². The van der Waals surface area contributed by atoms with E-state index in [1.807, 2.05) is 0 Å². The third-order valence-electron chi connectivity index (χ3n) is 2.81. The molecule has 0 aliphatic carbocycles. The van der Waals surface area contributed by atoms with Crippen molar-refractivity contribution in [3.05, 3.63) is 0 Å². The van der Waals surface area contributed by atoms with Gasteiger partial charge in [-0.25, -0.2) is 0 Å². The monoisotopic (exact) mass is 231 g/mol. The first-order valence-corrected chi connectivity index (χ1v) is 7.20. The van der Waals surface area contributed by atoms with E-state index in [0.717, 1.165) is 23.6 Å². The lowest BCUT2D eigenvalue weighted by Gasteiger charge is -2.24. The third-order valence-corrected chi connectivity index (χ3v) is 3.92. The van der Waals surface area contributed by atoms with Crippen LogP contribution in [0.15, 0.2) is 0 Å². The molecule has 0 amide bonds. The molecule has 0 aliphatic rings. The average Bonchev–Trinajstić information content (AvgIpc) is 2.22. The third kappa shape index (κ3) is 10.4. The minimum atomic E-state index is 0.0361. The maximum absolute atomic E-state index is 5.47. The summed E-state index contributed by atoms with van der Waals surface area (Å²) in [5.74, 6) is 0. The van der Waals surface area contributed by atoms with E-state index in [2.05, 4.69) is 26.1 Å². The van der Waals surface area contributed by atoms with Crippen LogP contribution >= 0.6 is 0 Å². The topological polar surface area (TPSA) is 21.3 Å². The Bertz CT molecular complexity index is 140. The molecule has 15 heavy (non-hydrogen) atoms. The Morgan fingerprint density at radius 2 is 1.67 bits per heavy atom. The summed E-state index contributed by atoms with van der Waals surface area (Å²) in [4.78, 5) is 0. The summed E-state index contributed by atoms with van der Waals surface area (Å²) in [6.45, 7) is 8.67. The van der Waals surface area contributed by atoms with Crippen molar-refractivity contribution in [1.82, 2.24) is 5.32 Å². The van der Waals surface area contributed by atoms with Crippen molar-refractivity contribution in [2.75, 3.05) is 13.1 Å². The predicted octanol–water partition coefficient (Wildman–Crippen LogP) is 2.01. The zero-order chi connectivity index (χ0) is 11.6. The average molecular weight is 231 g/mol. The molecule has 0 spiro atoms. The highest BCUT2D eigenvalue weighted by Gasteiger charge is 2.13. The molecule has 0 radical (unpaired) electrons. The second-order valence-corrected chi connectivity index (χ2v) is 5.32. The van der Waals surface area contributed by atoms with Gasteiger partial charge in [0.1, 0.15) is 10.5 Å². The van der Waals surface area contributed by atoms with Crippen molar-refractivity contribution in [1.29, 1.82) is 0 Å². The van der Waals surface area contributed by atoms with Crippen LogP contribution in [0.25, 0.3) is 0 Å². The summed E-state index contributed by atoms with van der Waals surface area (Å²) in [6, 6.07) is 0. The zero-order valence-corrected chi connectivity index (χ0v) is 13.1. The van der Waals surface area contributed by atoms with E-state index >= 15 is 0 Å². The zero-order valence-electron chi connectivity index (χ0n) is 11.1. The quantitative estimate of drug-likeness (QED) is 0.459. The summed E-state index contributed by atoms with van der Waals surface area (Å²) in [7, 11) is 0.828. The number of nitrogens with one attached hydrogen (secondary N) is 1. The number of unbranched alkanes of at least 4 members (excludes halogenated alkanes) is 5. The SMILES string of the molecule is CCCCCCCCNCC(C)(C)O[SiH3]. The molecule has 3 heteroatoms. The molecule has 0 heterocycles. The molecule has 0 rings (SSSR count). The number of hydrogen-bond acceptors (Lipinski definition) is 2. The molecule has 0 unspecified atom stereocenters. The maximum Gasteiger partial charge on any atom is 0.146 e. The first-order valence-electron chi connectivity index (χ1n) is 6.38. The van der Waals surface area contributed by atoms with Crippen molar-refractivity contribution in [3.8, 4) is 0 Å². The lowest BCUT2D eigenvalue weighted by Crippen LogP contribution is -2.37. The Labute approximate surface area is 98.7 Å². The Morgan fingerprint density at radius 3 is 2.27 bits per heavy atom. The number of rotatable bonds is 10. The van der Waals surface area contributed by atoms with Gasteiger partial charge in [-0.3, -0.25) is 0 Å². The van der Waals surface area contributed by atoms with Crippen molar-refractivity contribution >= 4 is 10.5 Å². The van der Waals surface area contributed by atoms with Gasteiger partial charge in [0.25, 0.3) is 0 Å². The van der Waals surface area contributed by atoms with Crippen LogP contribution < -0.4 is 5.32 Å². The fourth-order valence-corrected chi connectivity index (χ4v) is 1.64. The van der Waals surface area contributed by atoms with E-state index in [1.165, 1.54) is 38.5 Å². The second-order valence-electron chi connectivity index (χ2n) is 4.91. The Balaban J connectivity index is 3.11. The molecule has 0 aromatic rings. The van der Waals surface area contributed by atoms with Crippen LogP contribution in [0, 0.1) is 0 Å². The molecule has 0 aliphatic heterocycles. The summed E-state index contributed by atoms with van der Waals surface area (Å²) in [5, 5.41) is 3.46. The van der Waals surface area contributed by atoms with Crippen molar-refractivity contribution in [3.63, 3.8) is 0 Å². The van der Waals surface area contributed by atoms with E-state index in [9.17, 15) is 0 Å². The first-order chi connectivity index (χ1) is 7.12. The van der Waals surface area contributed by atoms with E-state index in [1.54, 1.807) is 0 Å². The molecule has 0 aromatic heterocycles. The first kappa shape index (κ1) is 15.1. The fourth-order valence-electron chi connectivity index (χ4n) is 1.49. The fraction of sp³-hybridized carbons (Fsp3) is 1.00. The minimum absolute atomic E-state index is 0.0361. The van der Waals surface area contributed by atoms with Crippen LogP contribution in [-0.2, 0) is 4.43 Å². The van der Waals surface area contributed by atoms with Gasteiger partial charge in [0.05, 0.1) is 5.60 Å². The van der Waals surface area contributed by atoms with Gasteiger partial charge in [-0.15, -0.1) is 0 Å². The molecule has 0 atom stereocenters. The summed E-state index contributed by atoms with van der Waals surface area (Å²) < 4.78 is 5.47. The molecule has 0 bridgehead atoms. The summed E-state index contributed by atoms with van der Waals surface area (Å²) in [5.41, 5.74) is 0.0361. The van der Waals surface area contributed by atoms with Gasteiger partial charge in [0, 0.05) is 6.54 Å². The highest BCUT2D eigenvalue weighted by Crippen LogP contribution is 2.06. The maximum atomic E-state index is 5.47. The normalized spacial score (nSPS) is 12.2. The van der Waals surface area contributed by atoms with Crippen LogP contribution in [0.5, 0.6) is 0 Å². The smallest absolute Gasteiger partial charge is 0.146 e. The van der Waals surface area contributed by atoms with Crippen molar-refractivity contribution in [2.24, 2.45) is 0 Å². The molecule has 0 saturated carbocycles. The molecular weight excluding hydrogens is 202 g/mol. The van der Waals surface area contributed by atoms with Crippen LogP contribution in [0.1, 0.15) is 59.3 Å². The molecule has 0 aromatic carbocycles. The molecular formula is C12H29NOSi. The minimum Gasteiger partial charge on any atom is -0.422 e. The van der Waals surface area contributed by atoms with E-state index < -0.39 is 0 Å². The van der Waals surface area contributed by atoms with Gasteiger partial charge in [0.2, 0.25) is 0 Å². The standard InChI is InChI=1S/C12H29NOSi/c1-4-5-6-7-8-9-10-13-11-12(2,3)14-15/h13H,4-11H2,1-3,15H3. The summed E-state index contributed by atoms with van der Waals surface area (Å²) in [6.07, 6.45) is 8.22. The Morgan fingerprint density at radius 1 is 1.07 bits per heavy atom. The Hall–Kier alpha value is 0.137. The van der Waals surface area contributed by atoms with Crippen LogP contribution in [0.4, 0.5) is 0 Å². The van der Waals surface area contributed by atoms with Crippen molar-refractivity contribution < 1.29 is 4.43 Å². The van der Waals surface area contributed by atoms with Gasteiger partial charge in [-0.05, 0) is 26.8 Å². The molecule has 92 valence electrons. The van der Waals surface area contributed by atoms with Crippen molar-refractivity contribution in [2.45, 2.75) is 64.9 Å². The Kier molecular flexibility index (Phi) is 9.45. The largest absolute Gasteiger partial charge is 0.422 e. The lowest BCUT2D eigenvalue weighted by atomic mass is 10.1. The highest BCUT2D eigenvalue weighted by molar-refractivity contribution is 5.98. The molecule has 0 fully saturated rings. The van der Waals surface area contributed by atoms with Gasteiger partial charge in [0.15, 0.2) is 0 Å². The van der Waals surface area contributed by atoms with Gasteiger partial charge in [-0.1, -0.05) is 39.0 Å². The predicted molar refractivity (Wildman–Crippen MR) is 71.3 cm³/mol. The van der Waals surface area contributed by atoms with Crippen LogP contribution in [0.3, 0.4) is 0 Å². The van der Waals surface area contributed by atoms with E-state index in [0.29, 0.717) is 0 Å².